The molecule has 0 aromatic carbocycles. The van der Waals surface area contributed by atoms with Crippen molar-refractivity contribution in [3.63, 3.8) is 0 Å². The van der Waals surface area contributed by atoms with Crippen molar-refractivity contribution in [2.75, 3.05) is 26.2 Å². The molecule has 4 aliphatic rings. The summed E-state index contributed by atoms with van der Waals surface area (Å²) in [5, 5.41) is 6.92. The maximum atomic E-state index is 3.50. The van der Waals surface area contributed by atoms with E-state index in [1.54, 1.807) is 0 Å². The van der Waals surface area contributed by atoms with Crippen LogP contribution in [0.3, 0.4) is 0 Å². The lowest BCUT2D eigenvalue weighted by Crippen LogP contribution is -2.21. The van der Waals surface area contributed by atoms with Crippen LogP contribution in [0, 0.1) is 46.3 Å². The number of nitrogens with one attached hydrogen (secondary N) is 2. The van der Waals surface area contributed by atoms with Crippen molar-refractivity contribution in [2.45, 2.75) is 54.4 Å². The Morgan fingerprint density at radius 3 is 1.45 bits per heavy atom. The number of hydrogen-bond acceptors (Lipinski definition) is 2. The summed E-state index contributed by atoms with van der Waals surface area (Å²) in [6.45, 7) is 19.4. The third kappa shape index (κ3) is 3.38. The second-order valence-corrected chi connectivity index (χ2v) is 10.6. The fourth-order valence-electron chi connectivity index (χ4n) is 5.58. The fourth-order valence-corrected chi connectivity index (χ4v) is 5.58. The highest BCUT2D eigenvalue weighted by atomic mass is 15.0. The molecule has 22 heavy (non-hydrogen) atoms. The van der Waals surface area contributed by atoms with E-state index in [1.165, 1.54) is 39.0 Å². The minimum atomic E-state index is 0.546. The standard InChI is InChI=1S/C11H21N.C9H17N/c1-11(2,3)10-4-8-6-12-7-9(8)5-10;1-9(2,3)8-6-4-10-5-7(6)8/h8-10,12H,4-7H2,1-3H3;6-8,10H,4-5H2,1-3H3. The first kappa shape index (κ1) is 16.8. The first-order valence-corrected chi connectivity index (χ1v) is 9.59. The van der Waals surface area contributed by atoms with Gasteiger partial charge >= 0.3 is 0 Å². The van der Waals surface area contributed by atoms with Crippen molar-refractivity contribution in [3.05, 3.63) is 0 Å². The van der Waals surface area contributed by atoms with Crippen LogP contribution in [0.15, 0.2) is 0 Å². The molecule has 0 radical (unpaired) electrons. The van der Waals surface area contributed by atoms with Crippen LogP contribution in [0.5, 0.6) is 0 Å². The van der Waals surface area contributed by atoms with E-state index in [0.717, 1.165) is 35.5 Å². The molecule has 0 aromatic heterocycles. The molecule has 0 amide bonds. The number of hydrogen-bond donors (Lipinski definition) is 2. The van der Waals surface area contributed by atoms with E-state index in [2.05, 4.69) is 52.2 Å². The number of fused-ring (bicyclic) bond motifs is 2. The number of rotatable bonds is 0. The van der Waals surface area contributed by atoms with Gasteiger partial charge < -0.3 is 10.6 Å². The summed E-state index contributed by atoms with van der Waals surface area (Å²) in [5.41, 5.74) is 1.11. The lowest BCUT2D eigenvalue weighted by molar-refractivity contribution is 0.233. The van der Waals surface area contributed by atoms with E-state index in [9.17, 15) is 0 Å². The van der Waals surface area contributed by atoms with Crippen LogP contribution < -0.4 is 10.6 Å². The predicted molar refractivity (Wildman–Crippen MR) is 94.8 cm³/mol. The first-order valence-electron chi connectivity index (χ1n) is 9.59. The minimum Gasteiger partial charge on any atom is -0.316 e. The summed E-state index contributed by atoms with van der Waals surface area (Å²) in [7, 11) is 0. The Hall–Kier alpha value is -0.0800. The average molecular weight is 307 g/mol. The van der Waals surface area contributed by atoms with E-state index in [1.807, 2.05) is 0 Å². The van der Waals surface area contributed by atoms with Gasteiger partial charge in [-0.05, 0) is 85.4 Å². The van der Waals surface area contributed by atoms with E-state index in [0.29, 0.717) is 10.8 Å². The van der Waals surface area contributed by atoms with Crippen LogP contribution in [-0.4, -0.2) is 26.2 Å². The topological polar surface area (TPSA) is 24.1 Å². The molecule has 2 N–H and O–H groups in total. The van der Waals surface area contributed by atoms with Gasteiger partial charge in [0.2, 0.25) is 0 Å². The van der Waals surface area contributed by atoms with Gasteiger partial charge in [0.1, 0.15) is 0 Å². The maximum absolute atomic E-state index is 3.50. The maximum Gasteiger partial charge on any atom is -0.00142 e. The Labute approximate surface area is 138 Å². The molecule has 2 heteroatoms. The second kappa shape index (κ2) is 5.77. The molecule has 2 heterocycles. The van der Waals surface area contributed by atoms with Gasteiger partial charge in [0, 0.05) is 0 Å². The molecule has 4 fully saturated rings. The van der Waals surface area contributed by atoms with Gasteiger partial charge in [-0.15, -0.1) is 0 Å². The van der Waals surface area contributed by atoms with Gasteiger partial charge in [-0.3, -0.25) is 0 Å². The largest absolute Gasteiger partial charge is 0.316 e. The van der Waals surface area contributed by atoms with Crippen molar-refractivity contribution in [1.29, 1.82) is 0 Å². The molecule has 128 valence electrons. The highest BCUT2D eigenvalue weighted by molar-refractivity contribution is 5.08. The van der Waals surface area contributed by atoms with E-state index >= 15 is 0 Å². The average Bonchev–Trinajstić information content (AvgIpc) is 2.79. The normalized spacial score (nSPS) is 43.4. The Kier molecular flexibility index (Phi) is 4.40. The molecule has 2 aliphatic carbocycles. The van der Waals surface area contributed by atoms with Crippen LogP contribution in [0.2, 0.25) is 0 Å². The molecule has 0 bridgehead atoms. The summed E-state index contributed by atoms with van der Waals surface area (Å²) in [4.78, 5) is 0. The minimum absolute atomic E-state index is 0.546. The molecule has 4 rings (SSSR count). The van der Waals surface area contributed by atoms with Crippen LogP contribution in [0.1, 0.15) is 54.4 Å². The van der Waals surface area contributed by atoms with Crippen LogP contribution in [-0.2, 0) is 0 Å². The van der Waals surface area contributed by atoms with Crippen LogP contribution >= 0.6 is 0 Å². The molecule has 2 nitrogen and oxygen atoms in total. The van der Waals surface area contributed by atoms with Crippen molar-refractivity contribution < 1.29 is 0 Å². The van der Waals surface area contributed by atoms with Crippen LogP contribution in [0.25, 0.3) is 0 Å². The molecule has 0 aromatic rings. The van der Waals surface area contributed by atoms with Crippen molar-refractivity contribution in [3.8, 4) is 0 Å². The van der Waals surface area contributed by atoms with Crippen molar-refractivity contribution >= 4 is 0 Å². The van der Waals surface area contributed by atoms with E-state index in [4.69, 9.17) is 0 Å². The third-order valence-corrected chi connectivity index (χ3v) is 6.97. The Morgan fingerprint density at radius 2 is 1.09 bits per heavy atom. The zero-order valence-corrected chi connectivity index (χ0v) is 15.7. The lowest BCUT2D eigenvalue weighted by Gasteiger charge is -2.27. The second-order valence-electron chi connectivity index (χ2n) is 10.6. The highest BCUT2D eigenvalue weighted by Gasteiger charge is 2.57. The third-order valence-electron chi connectivity index (χ3n) is 6.97. The molecule has 2 saturated carbocycles. The van der Waals surface area contributed by atoms with E-state index < -0.39 is 0 Å². The zero-order chi connectivity index (χ0) is 16.1. The fraction of sp³-hybridized carbons (Fsp3) is 1.00. The van der Waals surface area contributed by atoms with Gasteiger partial charge in [0.25, 0.3) is 0 Å². The summed E-state index contributed by atoms with van der Waals surface area (Å²) >= 11 is 0. The summed E-state index contributed by atoms with van der Waals surface area (Å²) in [5.74, 6) is 6.08. The van der Waals surface area contributed by atoms with Gasteiger partial charge in [0.15, 0.2) is 0 Å². The Morgan fingerprint density at radius 1 is 0.636 bits per heavy atom. The SMILES string of the molecule is CC(C)(C)C1C2CNCC21.CC(C)(C)C1CC2CNCC2C1. The molecule has 2 saturated heterocycles. The number of piperidine rings is 1. The van der Waals surface area contributed by atoms with Gasteiger partial charge in [0.05, 0.1) is 0 Å². The molecule has 4 unspecified atom stereocenters. The van der Waals surface area contributed by atoms with Crippen molar-refractivity contribution in [2.24, 2.45) is 46.3 Å². The molecular weight excluding hydrogens is 268 g/mol. The van der Waals surface area contributed by atoms with Crippen LogP contribution in [0.4, 0.5) is 0 Å². The molecular formula is C20H38N2. The van der Waals surface area contributed by atoms with Gasteiger partial charge in [-0.2, -0.15) is 0 Å². The monoisotopic (exact) mass is 306 g/mol. The smallest absolute Gasteiger partial charge is 0.00142 e. The Bertz CT molecular complexity index is 367. The van der Waals surface area contributed by atoms with Gasteiger partial charge in [-0.1, -0.05) is 41.5 Å². The lowest BCUT2D eigenvalue weighted by atomic mass is 9.79. The molecule has 4 atom stereocenters. The first-order chi connectivity index (χ1) is 10.2. The predicted octanol–water partition coefficient (Wildman–Crippen LogP) is 3.78. The zero-order valence-electron chi connectivity index (χ0n) is 15.7. The van der Waals surface area contributed by atoms with Gasteiger partial charge in [-0.25, -0.2) is 0 Å². The quantitative estimate of drug-likeness (QED) is 0.712. The molecule has 0 spiro atoms. The Balaban J connectivity index is 0.000000133. The molecule has 2 aliphatic heterocycles. The summed E-state index contributed by atoms with van der Waals surface area (Å²) < 4.78 is 0. The summed E-state index contributed by atoms with van der Waals surface area (Å²) in [6.07, 6.45) is 2.95. The highest BCUT2D eigenvalue weighted by Crippen LogP contribution is 2.57. The van der Waals surface area contributed by atoms with Crippen molar-refractivity contribution in [1.82, 2.24) is 10.6 Å². The summed E-state index contributed by atoms with van der Waals surface area (Å²) in [6, 6.07) is 0. The van der Waals surface area contributed by atoms with E-state index in [-0.39, 0.29) is 0 Å².